The highest BCUT2D eigenvalue weighted by Gasteiger charge is 2.08. The first-order valence-electron chi connectivity index (χ1n) is 8.74. The molecule has 3 rings (SSSR count). The molecule has 0 aliphatic rings. The van der Waals surface area contributed by atoms with Crippen LogP contribution in [0.1, 0.15) is 28.4 Å². The molecular formula is C22H20Cl2N2O. The highest BCUT2D eigenvalue weighted by atomic mass is 35.5. The summed E-state index contributed by atoms with van der Waals surface area (Å²) in [5.74, 6) is -0.191. The van der Waals surface area contributed by atoms with E-state index in [9.17, 15) is 4.79 Å². The van der Waals surface area contributed by atoms with E-state index in [1.807, 2.05) is 30.3 Å². The molecule has 0 saturated carbocycles. The molecule has 0 unspecified atom stereocenters. The largest absolute Gasteiger partial charge is 0.381 e. The van der Waals surface area contributed by atoms with Crippen molar-refractivity contribution in [3.8, 4) is 0 Å². The van der Waals surface area contributed by atoms with Gasteiger partial charge in [0.15, 0.2) is 0 Å². The molecule has 5 heteroatoms. The molecule has 3 aromatic rings. The van der Waals surface area contributed by atoms with Crippen molar-refractivity contribution in [1.82, 2.24) is 0 Å². The van der Waals surface area contributed by atoms with E-state index in [1.165, 1.54) is 5.56 Å². The molecule has 0 aliphatic carbocycles. The van der Waals surface area contributed by atoms with Gasteiger partial charge in [-0.05, 0) is 53.9 Å². The first-order valence-corrected chi connectivity index (χ1v) is 9.49. The van der Waals surface area contributed by atoms with Crippen LogP contribution in [0.4, 0.5) is 11.4 Å². The Bertz CT molecular complexity index is 957. The number of anilines is 2. The summed E-state index contributed by atoms with van der Waals surface area (Å²) in [6.07, 6.45) is 0.968. The summed E-state index contributed by atoms with van der Waals surface area (Å²) in [6.45, 7) is 2.78. The fourth-order valence-corrected chi connectivity index (χ4v) is 3.10. The monoisotopic (exact) mass is 398 g/mol. The number of carbonyl (C=O) groups excluding carboxylic acids is 1. The van der Waals surface area contributed by atoms with Gasteiger partial charge < -0.3 is 10.6 Å². The molecule has 3 nitrogen and oxygen atoms in total. The van der Waals surface area contributed by atoms with Crippen molar-refractivity contribution in [3.05, 3.63) is 93.5 Å². The van der Waals surface area contributed by atoms with Crippen LogP contribution < -0.4 is 10.6 Å². The van der Waals surface area contributed by atoms with Gasteiger partial charge in [0, 0.05) is 23.5 Å². The Morgan fingerprint density at radius 2 is 1.74 bits per heavy atom. The van der Waals surface area contributed by atoms with E-state index in [4.69, 9.17) is 23.2 Å². The third-order valence-electron chi connectivity index (χ3n) is 4.25. The molecule has 0 heterocycles. The minimum Gasteiger partial charge on any atom is -0.381 e. The maximum Gasteiger partial charge on any atom is 0.255 e. The Kier molecular flexibility index (Phi) is 6.38. The Morgan fingerprint density at radius 3 is 2.52 bits per heavy atom. The average Bonchev–Trinajstić information content (AvgIpc) is 2.69. The molecule has 0 aliphatic heterocycles. The number of rotatable bonds is 6. The maximum absolute atomic E-state index is 12.5. The van der Waals surface area contributed by atoms with Crippen LogP contribution in [0.25, 0.3) is 0 Å². The second-order valence-electron chi connectivity index (χ2n) is 6.15. The van der Waals surface area contributed by atoms with Crippen LogP contribution in [0.5, 0.6) is 0 Å². The van der Waals surface area contributed by atoms with Gasteiger partial charge in [0.2, 0.25) is 0 Å². The Morgan fingerprint density at radius 1 is 0.926 bits per heavy atom. The standard InChI is InChI=1S/C22H20Cl2N2O/c1-2-16-7-3-4-9-21(16)25-14-15-6-5-8-17(12-15)22(27)26-18-10-11-19(23)20(24)13-18/h3-13,25H,2,14H2,1H3,(H,26,27). The molecule has 0 saturated heterocycles. The molecule has 3 aromatic carbocycles. The van der Waals surface area contributed by atoms with Crippen LogP contribution in [0.2, 0.25) is 10.0 Å². The minimum absolute atomic E-state index is 0.191. The first-order chi connectivity index (χ1) is 13.1. The Labute approximate surface area is 169 Å². The van der Waals surface area contributed by atoms with Crippen molar-refractivity contribution in [3.63, 3.8) is 0 Å². The highest BCUT2D eigenvalue weighted by Crippen LogP contribution is 2.25. The van der Waals surface area contributed by atoms with E-state index in [-0.39, 0.29) is 5.91 Å². The van der Waals surface area contributed by atoms with E-state index in [1.54, 1.807) is 24.3 Å². The molecule has 0 radical (unpaired) electrons. The summed E-state index contributed by atoms with van der Waals surface area (Å²) in [7, 11) is 0. The third-order valence-corrected chi connectivity index (χ3v) is 4.99. The number of carbonyl (C=O) groups is 1. The second kappa shape index (κ2) is 8.94. The molecule has 0 atom stereocenters. The van der Waals surface area contributed by atoms with Crippen LogP contribution >= 0.6 is 23.2 Å². The predicted molar refractivity (Wildman–Crippen MR) is 114 cm³/mol. The van der Waals surface area contributed by atoms with Gasteiger partial charge in [-0.15, -0.1) is 0 Å². The lowest BCUT2D eigenvalue weighted by molar-refractivity contribution is 0.102. The van der Waals surface area contributed by atoms with Crippen LogP contribution in [0, 0.1) is 0 Å². The average molecular weight is 399 g/mol. The predicted octanol–water partition coefficient (Wildman–Crippen LogP) is 6.42. The fraction of sp³-hybridized carbons (Fsp3) is 0.136. The molecular weight excluding hydrogens is 379 g/mol. The van der Waals surface area contributed by atoms with Crippen molar-refractivity contribution in [2.45, 2.75) is 19.9 Å². The lowest BCUT2D eigenvalue weighted by Gasteiger charge is -2.12. The zero-order valence-corrected chi connectivity index (χ0v) is 16.4. The van der Waals surface area contributed by atoms with Gasteiger partial charge in [0.25, 0.3) is 5.91 Å². The van der Waals surface area contributed by atoms with Crippen LogP contribution in [0.3, 0.4) is 0 Å². The topological polar surface area (TPSA) is 41.1 Å². The fourth-order valence-electron chi connectivity index (χ4n) is 2.80. The molecule has 0 spiro atoms. The number of amides is 1. The van der Waals surface area contributed by atoms with Gasteiger partial charge in [-0.1, -0.05) is 60.5 Å². The number of nitrogens with one attached hydrogen (secondary N) is 2. The first kappa shape index (κ1) is 19.3. The Hall–Kier alpha value is -2.49. The van der Waals surface area contributed by atoms with Crippen molar-refractivity contribution >= 4 is 40.5 Å². The van der Waals surface area contributed by atoms with Crippen LogP contribution in [0.15, 0.2) is 66.7 Å². The summed E-state index contributed by atoms with van der Waals surface area (Å²) >= 11 is 11.9. The Balaban J connectivity index is 1.69. The zero-order valence-electron chi connectivity index (χ0n) is 14.9. The highest BCUT2D eigenvalue weighted by molar-refractivity contribution is 6.42. The third kappa shape index (κ3) is 5.03. The van der Waals surface area contributed by atoms with E-state index >= 15 is 0 Å². The van der Waals surface area contributed by atoms with Gasteiger partial charge in [0.1, 0.15) is 0 Å². The van der Waals surface area contributed by atoms with E-state index in [2.05, 4.69) is 29.7 Å². The number of halogens is 2. The zero-order chi connectivity index (χ0) is 19.2. The van der Waals surface area contributed by atoms with Gasteiger partial charge in [-0.2, -0.15) is 0 Å². The van der Waals surface area contributed by atoms with Crippen molar-refractivity contribution < 1.29 is 4.79 Å². The number of benzene rings is 3. The molecule has 0 aromatic heterocycles. The number of para-hydroxylation sites is 1. The normalized spacial score (nSPS) is 10.5. The minimum atomic E-state index is -0.191. The summed E-state index contributed by atoms with van der Waals surface area (Å²) in [6, 6.07) is 20.8. The van der Waals surface area contributed by atoms with Crippen molar-refractivity contribution in [1.29, 1.82) is 0 Å². The SMILES string of the molecule is CCc1ccccc1NCc1cccc(C(=O)Nc2ccc(Cl)c(Cl)c2)c1. The quantitative estimate of drug-likeness (QED) is 0.502. The van der Waals surface area contributed by atoms with Crippen LogP contribution in [-0.4, -0.2) is 5.91 Å². The number of aryl methyl sites for hydroxylation is 1. The second-order valence-corrected chi connectivity index (χ2v) is 6.96. The van der Waals surface area contributed by atoms with Gasteiger partial charge in [-0.3, -0.25) is 4.79 Å². The van der Waals surface area contributed by atoms with Crippen LogP contribution in [-0.2, 0) is 13.0 Å². The van der Waals surface area contributed by atoms with E-state index in [0.717, 1.165) is 17.7 Å². The molecule has 0 bridgehead atoms. The van der Waals surface area contributed by atoms with Crippen molar-refractivity contribution in [2.75, 3.05) is 10.6 Å². The number of hydrogen-bond acceptors (Lipinski definition) is 2. The molecule has 2 N–H and O–H groups in total. The van der Waals surface area contributed by atoms with Gasteiger partial charge in [0.05, 0.1) is 10.0 Å². The smallest absolute Gasteiger partial charge is 0.255 e. The van der Waals surface area contributed by atoms with E-state index in [0.29, 0.717) is 27.8 Å². The summed E-state index contributed by atoms with van der Waals surface area (Å²) in [5.41, 5.74) is 4.61. The number of hydrogen-bond donors (Lipinski definition) is 2. The molecule has 27 heavy (non-hydrogen) atoms. The lowest BCUT2D eigenvalue weighted by Crippen LogP contribution is -2.12. The van der Waals surface area contributed by atoms with Gasteiger partial charge >= 0.3 is 0 Å². The molecule has 0 fully saturated rings. The van der Waals surface area contributed by atoms with E-state index < -0.39 is 0 Å². The summed E-state index contributed by atoms with van der Waals surface area (Å²) in [5, 5.41) is 7.15. The van der Waals surface area contributed by atoms with Crippen molar-refractivity contribution in [2.24, 2.45) is 0 Å². The maximum atomic E-state index is 12.5. The summed E-state index contributed by atoms with van der Waals surface area (Å²) in [4.78, 5) is 12.5. The van der Waals surface area contributed by atoms with Gasteiger partial charge in [-0.25, -0.2) is 0 Å². The summed E-state index contributed by atoms with van der Waals surface area (Å²) < 4.78 is 0. The molecule has 1 amide bonds. The molecule has 138 valence electrons. The lowest BCUT2D eigenvalue weighted by atomic mass is 10.1.